The van der Waals surface area contributed by atoms with Crippen LogP contribution >= 0.6 is 0 Å². The molecule has 0 amide bonds. The number of anilines is 1. The predicted octanol–water partition coefficient (Wildman–Crippen LogP) is 3.51. The highest BCUT2D eigenvalue weighted by atomic mass is 15.0. The predicted molar refractivity (Wildman–Crippen MR) is 79.3 cm³/mol. The third kappa shape index (κ3) is 1.97. The van der Waals surface area contributed by atoms with Crippen molar-refractivity contribution in [3.63, 3.8) is 0 Å². The zero-order valence-electron chi connectivity index (χ0n) is 11.4. The number of nitrogen functional groups attached to an aromatic ring is 1. The molecule has 3 aromatic rings. The van der Waals surface area contributed by atoms with E-state index in [4.69, 9.17) is 5.73 Å². The molecule has 0 fully saturated rings. The van der Waals surface area contributed by atoms with E-state index in [-0.39, 0.29) is 0 Å². The van der Waals surface area contributed by atoms with E-state index < -0.39 is 0 Å². The number of fused-ring (bicyclic) bond motifs is 1. The lowest BCUT2D eigenvalue weighted by molar-refractivity contribution is 1.16. The lowest BCUT2D eigenvalue weighted by atomic mass is 10.0. The molecule has 0 aliphatic heterocycles. The Balaban J connectivity index is 2.23. The molecule has 2 aromatic heterocycles. The summed E-state index contributed by atoms with van der Waals surface area (Å²) in [6.45, 7) is 6.25. The molecule has 2 N–H and O–H groups in total. The van der Waals surface area contributed by atoms with Gasteiger partial charge in [0.2, 0.25) is 0 Å². The van der Waals surface area contributed by atoms with E-state index in [1.807, 2.05) is 29.8 Å². The summed E-state index contributed by atoms with van der Waals surface area (Å²) in [5.41, 5.74) is 13.3. The highest BCUT2D eigenvalue weighted by Gasteiger charge is 2.09. The average molecular weight is 251 g/mol. The quantitative estimate of drug-likeness (QED) is 0.719. The highest BCUT2D eigenvalue weighted by molar-refractivity contribution is 5.72. The summed E-state index contributed by atoms with van der Waals surface area (Å²) in [5.74, 6) is 0. The van der Waals surface area contributed by atoms with E-state index >= 15 is 0 Å². The van der Waals surface area contributed by atoms with Gasteiger partial charge in [-0.3, -0.25) is 0 Å². The van der Waals surface area contributed by atoms with Crippen molar-refractivity contribution in [1.82, 2.24) is 9.38 Å². The van der Waals surface area contributed by atoms with Gasteiger partial charge < -0.3 is 10.1 Å². The van der Waals surface area contributed by atoms with Crippen molar-refractivity contribution in [2.24, 2.45) is 0 Å². The largest absolute Gasteiger partial charge is 0.396 e. The molecule has 19 heavy (non-hydrogen) atoms. The van der Waals surface area contributed by atoms with Crippen LogP contribution in [0.2, 0.25) is 0 Å². The Morgan fingerprint density at radius 2 is 1.79 bits per heavy atom. The fourth-order valence-corrected chi connectivity index (χ4v) is 2.50. The smallest absolute Gasteiger partial charge is 0.160 e. The van der Waals surface area contributed by atoms with Gasteiger partial charge in [0.15, 0.2) is 5.65 Å². The fourth-order valence-electron chi connectivity index (χ4n) is 2.50. The van der Waals surface area contributed by atoms with Gasteiger partial charge in [0.05, 0.1) is 11.4 Å². The van der Waals surface area contributed by atoms with Gasteiger partial charge in [-0.1, -0.05) is 23.8 Å². The molecular formula is C16H17N3. The van der Waals surface area contributed by atoms with Crippen LogP contribution in [0.5, 0.6) is 0 Å². The van der Waals surface area contributed by atoms with Crippen molar-refractivity contribution in [2.45, 2.75) is 20.8 Å². The first kappa shape index (κ1) is 11.8. The first-order chi connectivity index (χ1) is 9.04. The van der Waals surface area contributed by atoms with Crippen molar-refractivity contribution in [1.29, 1.82) is 0 Å². The van der Waals surface area contributed by atoms with Crippen LogP contribution in [0.3, 0.4) is 0 Å². The number of rotatable bonds is 1. The lowest BCUT2D eigenvalue weighted by Crippen LogP contribution is -1.93. The molecule has 0 radical (unpaired) electrons. The number of imidazole rings is 1. The number of hydrogen-bond donors (Lipinski definition) is 1. The van der Waals surface area contributed by atoms with Gasteiger partial charge >= 0.3 is 0 Å². The highest BCUT2D eigenvalue weighted by Crippen LogP contribution is 2.25. The monoisotopic (exact) mass is 251 g/mol. The molecule has 0 saturated carbocycles. The summed E-state index contributed by atoms with van der Waals surface area (Å²) in [4.78, 5) is 4.65. The number of pyridine rings is 1. The molecule has 3 heteroatoms. The van der Waals surface area contributed by atoms with Crippen molar-refractivity contribution in [3.05, 3.63) is 53.3 Å². The maximum atomic E-state index is 6.03. The minimum absolute atomic E-state index is 0.719. The van der Waals surface area contributed by atoms with E-state index in [1.165, 1.54) is 11.1 Å². The Bertz CT molecular complexity index is 769. The summed E-state index contributed by atoms with van der Waals surface area (Å²) in [5, 5.41) is 0. The number of nitrogens with two attached hydrogens (primary N) is 1. The Hall–Kier alpha value is -2.29. The number of benzene rings is 1. The zero-order chi connectivity index (χ0) is 13.6. The van der Waals surface area contributed by atoms with Gasteiger partial charge in [0.1, 0.15) is 0 Å². The van der Waals surface area contributed by atoms with Gasteiger partial charge in [-0.05, 0) is 38.0 Å². The molecular weight excluding hydrogens is 234 g/mol. The maximum absolute atomic E-state index is 6.03. The number of aromatic nitrogens is 2. The Morgan fingerprint density at radius 3 is 2.53 bits per heavy atom. The topological polar surface area (TPSA) is 43.3 Å². The summed E-state index contributed by atoms with van der Waals surface area (Å²) in [6, 6.07) is 8.36. The molecule has 2 heterocycles. The first-order valence-corrected chi connectivity index (χ1v) is 6.37. The maximum Gasteiger partial charge on any atom is 0.160 e. The second-order valence-corrected chi connectivity index (χ2v) is 5.15. The molecule has 0 unspecified atom stereocenters. The van der Waals surface area contributed by atoms with Crippen LogP contribution in [0.15, 0.2) is 36.7 Å². The molecule has 0 aliphatic carbocycles. The summed E-state index contributed by atoms with van der Waals surface area (Å²) >= 11 is 0. The second kappa shape index (κ2) is 4.12. The normalized spacial score (nSPS) is 11.1. The van der Waals surface area contributed by atoms with Crippen molar-refractivity contribution >= 4 is 11.3 Å². The number of hydrogen-bond acceptors (Lipinski definition) is 2. The average Bonchev–Trinajstić information content (AvgIpc) is 2.72. The molecule has 0 spiro atoms. The van der Waals surface area contributed by atoms with E-state index in [0.29, 0.717) is 0 Å². The Kier molecular flexibility index (Phi) is 2.56. The molecule has 96 valence electrons. The van der Waals surface area contributed by atoms with Crippen molar-refractivity contribution in [3.8, 4) is 11.3 Å². The van der Waals surface area contributed by atoms with Gasteiger partial charge in [-0.15, -0.1) is 0 Å². The van der Waals surface area contributed by atoms with Crippen LogP contribution in [-0.2, 0) is 0 Å². The van der Waals surface area contributed by atoms with E-state index in [0.717, 1.165) is 28.2 Å². The molecule has 1 aromatic carbocycles. The lowest BCUT2D eigenvalue weighted by Gasteiger charge is -2.02. The third-order valence-corrected chi connectivity index (χ3v) is 3.37. The van der Waals surface area contributed by atoms with Gasteiger partial charge in [0.25, 0.3) is 0 Å². The van der Waals surface area contributed by atoms with Gasteiger partial charge in [-0.2, -0.15) is 0 Å². The summed E-state index contributed by atoms with van der Waals surface area (Å²) < 4.78 is 2.00. The van der Waals surface area contributed by atoms with Crippen LogP contribution in [0.1, 0.15) is 16.7 Å². The van der Waals surface area contributed by atoms with Crippen LogP contribution in [0, 0.1) is 20.8 Å². The number of nitrogens with zero attached hydrogens (tertiary/aromatic N) is 2. The van der Waals surface area contributed by atoms with Crippen LogP contribution in [-0.4, -0.2) is 9.38 Å². The first-order valence-electron chi connectivity index (χ1n) is 6.37. The fraction of sp³-hybridized carbons (Fsp3) is 0.188. The standard InChI is InChI=1S/C16H17N3/c1-10-4-5-13(12(3)6-10)15-9-19-8-11(2)7-14(17)16(19)18-15/h4-9H,17H2,1-3H3. The van der Waals surface area contributed by atoms with Crippen LogP contribution in [0.25, 0.3) is 16.9 Å². The SMILES string of the molecule is Cc1ccc(-c2cn3cc(C)cc(N)c3n2)c(C)c1. The Labute approximate surface area is 112 Å². The number of aryl methyl sites for hydroxylation is 3. The molecule has 0 aliphatic rings. The molecule has 0 saturated heterocycles. The summed E-state index contributed by atoms with van der Waals surface area (Å²) in [6.07, 6.45) is 4.09. The minimum atomic E-state index is 0.719. The zero-order valence-corrected chi connectivity index (χ0v) is 11.4. The third-order valence-electron chi connectivity index (χ3n) is 3.37. The van der Waals surface area contributed by atoms with E-state index in [9.17, 15) is 0 Å². The minimum Gasteiger partial charge on any atom is -0.396 e. The molecule has 0 atom stereocenters. The van der Waals surface area contributed by atoms with E-state index in [1.54, 1.807) is 0 Å². The van der Waals surface area contributed by atoms with Crippen molar-refractivity contribution < 1.29 is 0 Å². The van der Waals surface area contributed by atoms with Crippen LogP contribution < -0.4 is 5.73 Å². The van der Waals surface area contributed by atoms with Crippen molar-refractivity contribution in [2.75, 3.05) is 5.73 Å². The van der Waals surface area contributed by atoms with Gasteiger partial charge in [-0.25, -0.2) is 4.98 Å². The molecule has 3 nitrogen and oxygen atoms in total. The Morgan fingerprint density at radius 1 is 1.00 bits per heavy atom. The van der Waals surface area contributed by atoms with Crippen LogP contribution in [0.4, 0.5) is 5.69 Å². The van der Waals surface area contributed by atoms with E-state index in [2.05, 4.69) is 37.0 Å². The summed E-state index contributed by atoms with van der Waals surface area (Å²) in [7, 11) is 0. The second-order valence-electron chi connectivity index (χ2n) is 5.15. The van der Waals surface area contributed by atoms with Gasteiger partial charge in [0, 0.05) is 18.0 Å². The molecule has 0 bridgehead atoms. The molecule has 3 rings (SSSR count).